The zero-order chi connectivity index (χ0) is 22.3. The van der Waals surface area contributed by atoms with Gasteiger partial charge in [-0.25, -0.2) is 0 Å². The molecule has 6 nitrogen and oxygen atoms in total. The van der Waals surface area contributed by atoms with Gasteiger partial charge in [0.25, 0.3) is 11.8 Å². The van der Waals surface area contributed by atoms with Gasteiger partial charge >= 0.3 is 0 Å². The summed E-state index contributed by atoms with van der Waals surface area (Å²) < 4.78 is 11.2. The highest BCUT2D eigenvalue weighted by Crippen LogP contribution is 2.30. The number of rotatable bonds is 8. The summed E-state index contributed by atoms with van der Waals surface area (Å²) >= 11 is 1.36. The molecular weight excluding hydrogens is 424 g/mol. The van der Waals surface area contributed by atoms with Crippen molar-refractivity contribution in [2.75, 3.05) is 7.11 Å². The average molecular weight is 453 g/mol. The highest BCUT2D eigenvalue weighted by atomic mass is 32.1. The molecule has 0 aliphatic heterocycles. The van der Waals surface area contributed by atoms with Gasteiger partial charge in [0.2, 0.25) is 0 Å². The van der Waals surface area contributed by atoms with Gasteiger partial charge < -0.3 is 19.4 Å². The number of ether oxygens (including phenoxy) is 1. The van der Waals surface area contributed by atoms with E-state index in [0.29, 0.717) is 16.4 Å². The maximum Gasteiger partial charge on any atom is 0.265 e. The minimum Gasteiger partial charge on any atom is -0.496 e. The molecule has 32 heavy (non-hydrogen) atoms. The first-order chi connectivity index (χ1) is 15.7. The van der Waals surface area contributed by atoms with Gasteiger partial charge in [-0.1, -0.05) is 43.5 Å². The van der Waals surface area contributed by atoms with E-state index in [-0.39, 0.29) is 24.4 Å². The molecule has 1 aliphatic carbocycles. The number of nitrogens with zero attached hydrogens (tertiary/aromatic N) is 1. The molecule has 0 spiro atoms. The molecule has 0 saturated heterocycles. The molecule has 2 amide bonds. The molecule has 0 bridgehead atoms. The number of hydrogen-bond acceptors (Lipinski definition) is 5. The quantitative estimate of drug-likeness (QED) is 0.511. The smallest absolute Gasteiger partial charge is 0.265 e. The van der Waals surface area contributed by atoms with E-state index < -0.39 is 6.04 Å². The summed E-state index contributed by atoms with van der Waals surface area (Å²) in [6.45, 7) is 0.212. The summed E-state index contributed by atoms with van der Waals surface area (Å²) in [4.78, 5) is 29.3. The second kappa shape index (κ2) is 10.5. The lowest BCUT2D eigenvalue weighted by atomic mass is 9.95. The SMILES string of the molecule is COc1ccccc1CN(C(=O)c1cccs1)C(C(=O)NC1CCCCC1)c1ccco1. The van der Waals surface area contributed by atoms with E-state index in [4.69, 9.17) is 9.15 Å². The zero-order valence-electron chi connectivity index (χ0n) is 18.2. The Labute approximate surface area is 192 Å². The Hall–Kier alpha value is -3.06. The van der Waals surface area contributed by atoms with Crippen LogP contribution in [-0.2, 0) is 11.3 Å². The molecular formula is C25H28N2O4S. The van der Waals surface area contributed by atoms with Crippen LogP contribution >= 0.6 is 11.3 Å². The summed E-state index contributed by atoms with van der Waals surface area (Å²) in [5.74, 6) is 0.679. The molecule has 1 unspecified atom stereocenters. The van der Waals surface area contributed by atoms with Crippen LogP contribution in [0.4, 0.5) is 0 Å². The van der Waals surface area contributed by atoms with Gasteiger partial charge in [-0.15, -0.1) is 11.3 Å². The molecule has 1 aliphatic rings. The lowest BCUT2D eigenvalue weighted by Gasteiger charge is -2.32. The van der Waals surface area contributed by atoms with Crippen molar-refractivity contribution in [3.63, 3.8) is 0 Å². The molecule has 4 rings (SSSR count). The Morgan fingerprint density at radius 1 is 1.12 bits per heavy atom. The topological polar surface area (TPSA) is 71.8 Å². The predicted molar refractivity (Wildman–Crippen MR) is 124 cm³/mol. The first-order valence-corrected chi connectivity index (χ1v) is 11.9. The van der Waals surface area contributed by atoms with Gasteiger partial charge in [0.15, 0.2) is 6.04 Å². The van der Waals surface area contributed by atoms with Crippen LogP contribution in [0.2, 0.25) is 0 Å². The van der Waals surface area contributed by atoms with Crippen molar-refractivity contribution in [2.24, 2.45) is 0 Å². The van der Waals surface area contributed by atoms with Crippen molar-refractivity contribution >= 4 is 23.2 Å². The summed E-state index contributed by atoms with van der Waals surface area (Å²) in [6, 6.07) is 13.9. The largest absolute Gasteiger partial charge is 0.496 e. The molecule has 168 valence electrons. The van der Waals surface area contributed by atoms with Crippen molar-refractivity contribution in [2.45, 2.75) is 50.7 Å². The van der Waals surface area contributed by atoms with Gasteiger partial charge in [0.05, 0.1) is 24.8 Å². The van der Waals surface area contributed by atoms with E-state index in [1.807, 2.05) is 35.7 Å². The molecule has 1 aromatic carbocycles. The van der Waals surface area contributed by atoms with Crippen LogP contribution in [0.5, 0.6) is 5.75 Å². The zero-order valence-corrected chi connectivity index (χ0v) is 19.0. The standard InChI is InChI=1S/C25H28N2O4S/c1-30-20-12-6-5-9-18(20)17-27(25(29)22-14-8-16-32-22)23(21-13-7-15-31-21)24(28)26-19-10-3-2-4-11-19/h5-9,12-16,19,23H,2-4,10-11,17H2,1H3,(H,26,28). The lowest BCUT2D eigenvalue weighted by Crippen LogP contribution is -2.46. The molecule has 2 aromatic heterocycles. The van der Waals surface area contributed by atoms with Crippen LogP contribution in [0.3, 0.4) is 0 Å². The summed E-state index contributed by atoms with van der Waals surface area (Å²) in [7, 11) is 1.60. The number of amides is 2. The maximum absolute atomic E-state index is 13.6. The fraction of sp³-hybridized carbons (Fsp3) is 0.360. The average Bonchev–Trinajstić information content (AvgIpc) is 3.54. The third-order valence-corrected chi connectivity index (χ3v) is 6.71. The van der Waals surface area contributed by atoms with E-state index in [2.05, 4.69) is 5.32 Å². The van der Waals surface area contributed by atoms with Crippen LogP contribution < -0.4 is 10.1 Å². The van der Waals surface area contributed by atoms with Crippen molar-refractivity contribution in [3.05, 3.63) is 76.4 Å². The fourth-order valence-electron chi connectivity index (χ4n) is 4.24. The Bertz CT molecular complexity index is 1010. The monoisotopic (exact) mass is 452 g/mol. The molecule has 1 N–H and O–H groups in total. The van der Waals surface area contributed by atoms with Crippen LogP contribution in [0.1, 0.15) is 59.1 Å². The van der Waals surface area contributed by atoms with Crippen LogP contribution in [0.25, 0.3) is 0 Å². The highest BCUT2D eigenvalue weighted by Gasteiger charge is 2.36. The second-order valence-electron chi connectivity index (χ2n) is 7.98. The number of furan rings is 1. The van der Waals surface area contributed by atoms with Gasteiger partial charge in [-0.05, 0) is 42.5 Å². The Kier molecular flexibility index (Phi) is 7.27. The van der Waals surface area contributed by atoms with Crippen molar-refractivity contribution in [1.29, 1.82) is 0 Å². The van der Waals surface area contributed by atoms with Gasteiger partial charge in [-0.2, -0.15) is 0 Å². The molecule has 1 saturated carbocycles. The van der Waals surface area contributed by atoms with Gasteiger partial charge in [0.1, 0.15) is 11.5 Å². The Morgan fingerprint density at radius 2 is 1.94 bits per heavy atom. The third kappa shape index (κ3) is 5.05. The fourth-order valence-corrected chi connectivity index (χ4v) is 4.92. The van der Waals surface area contributed by atoms with Crippen molar-refractivity contribution in [1.82, 2.24) is 10.2 Å². The number of carbonyl (C=O) groups excluding carboxylic acids is 2. The van der Waals surface area contributed by atoms with Crippen LogP contribution in [0.15, 0.2) is 64.6 Å². The van der Waals surface area contributed by atoms with Crippen LogP contribution in [-0.4, -0.2) is 29.9 Å². The summed E-state index contributed by atoms with van der Waals surface area (Å²) in [5.41, 5.74) is 0.821. The number of carbonyl (C=O) groups is 2. The summed E-state index contributed by atoms with van der Waals surface area (Å²) in [6.07, 6.45) is 6.87. The molecule has 7 heteroatoms. The normalized spacial score (nSPS) is 15.2. The first-order valence-electron chi connectivity index (χ1n) is 11.0. The van der Waals surface area contributed by atoms with E-state index in [9.17, 15) is 9.59 Å². The molecule has 2 heterocycles. The molecule has 1 atom stereocenters. The Morgan fingerprint density at radius 3 is 2.62 bits per heavy atom. The number of thiophene rings is 1. The molecule has 3 aromatic rings. The van der Waals surface area contributed by atoms with E-state index in [0.717, 1.165) is 31.2 Å². The molecule has 1 fully saturated rings. The van der Waals surface area contributed by atoms with E-state index in [1.165, 1.54) is 24.0 Å². The van der Waals surface area contributed by atoms with E-state index in [1.54, 1.807) is 30.2 Å². The lowest BCUT2D eigenvalue weighted by molar-refractivity contribution is -0.127. The minimum absolute atomic E-state index is 0.124. The number of benzene rings is 1. The number of nitrogens with one attached hydrogen (secondary N) is 1. The van der Waals surface area contributed by atoms with Gasteiger partial charge in [-0.3, -0.25) is 9.59 Å². The number of hydrogen-bond donors (Lipinski definition) is 1. The van der Waals surface area contributed by atoms with Gasteiger partial charge in [0, 0.05) is 11.6 Å². The predicted octanol–water partition coefficient (Wildman–Crippen LogP) is 5.18. The van der Waals surface area contributed by atoms with Crippen LogP contribution in [0, 0.1) is 0 Å². The third-order valence-electron chi connectivity index (χ3n) is 5.85. The van der Waals surface area contributed by atoms with E-state index >= 15 is 0 Å². The maximum atomic E-state index is 13.6. The Balaban J connectivity index is 1.70. The van der Waals surface area contributed by atoms with Crippen molar-refractivity contribution < 1.29 is 18.7 Å². The second-order valence-corrected chi connectivity index (χ2v) is 8.93. The number of para-hydroxylation sites is 1. The first kappa shape index (κ1) is 22.1. The van der Waals surface area contributed by atoms with Crippen molar-refractivity contribution in [3.8, 4) is 5.75 Å². The highest BCUT2D eigenvalue weighted by molar-refractivity contribution is 7.12. The minimum atomic E-state index is -0.883. The molecule has 0 radical (unpaired) electrons. The summed E-state index contributed by atoms with van der Waals surface area (Å²) in [5, 5.41) is 5.04. The number of methoxy groups -OCH3 is 1.